The molecule has 1 aliphatic carbocycles. The summed E-state index contributed by atoms with van der Waals surface area (Å²) in [5.41, 5.74) is 0.236. The largest absolute Gasteiger partial charge is 0.292 e. The lowest BCUT2D eigenvalue weighted by Gasteiger charge is -2.50. The van der Waals surface area contributed by atoms with Crippen molar-refractivity contribution in [3.05, 3.63) is 0 Å². The molecule has 0 aromatic rings. The van der Waals surface area contributed by atoms with E-state index in [1.54, 1.807) is 0 Å². The summed E-state index contributed by atoms with van der Waals surface area (Å²) in [4.78, 5) is 0. The molecule has 1 saturated carbocycles. The van der Waals surface area contributed by atoms with Gasteiger partial charge in [-0.2, -0.15) is 0 Å². The normalized spacial score (nSPS) is 37.0. The van der Waals surface area contributed by atoms with Crippen molar-refractivity contribution in [2.45, 2.75) is 43.8 Å². The van der Waals surface area contributed by atoms with E-state index in [1.807, 2.05) is 0 Å². The predicted molar refractivity (Wildman–Crippen MR) is 54.7 cm³/mol. The summed E-state index contributed by atoms with van der Waals surface area (Å²) in [5.74, 6) is 0. The minimum absolute atomic E-state index is 0.114. The Morgan fingerprint density at radius 3 is 2.42 bits per heavy atom. The Morgan fingerprint density at radius 1 is 1.25 bits per heavy atom. The van der Waals surface area contributed by atoms with Crippen LogP contribution >= 0.6 is 11.6 Å². The highest BCUT2D eigenvalue weighted by Gasteiger charge is 2.37. The molecule has 1 unspecified atom stereocenters. The molecule has 0 bridgehead atoms. The highest BCUT2D eigenvalue weighted by molar-refractivity contribution is 6.39. The van der Waals surface area contributed by atoms with Gasteiger partial charge in [-0.15, -0.1) is 0 Å². The molecule has 0 N–H and O–H groups in total. The molecule has 1 saturated heterocycles. The molecular formula is C8H17ClN2Si. The molecule has 2 nitrogen and oxygen atoms in total. The molecule has 12 heavy (non-hydrogen) atoms. The van der Waals surface area contributed by atoms with Gasteiger partial charge in [-0.1, -0.05) is 30.9 Å². The second kappa shape index (κ2) is 3.66. The van der Waals surface area contributed by atoms with Crippen LogP contribution in [0.3, 0.4) is 0 Å². The zero-order valence-corrected chi connectivity index (χ0v) is 9.84. The van der Waals surface area contributed by atoms with Crippen LogP contribution < -0.4 is 0 Å². The maximum Gasteiger partial charge on any atom is 0.177 e. The average Bonchev–Trinajstić information content (AvgIpc) is 2.15. The van der Waals surface area contributed by atoms with Crippen molar-refractivity contribution in [2.75, 3.05) is 7.05 Å². The molecule has 0 aromatic heterocycles. The second-order valence-corrected chi connectivity index (χ2v) is 6.42. The average molecular weight is 205 g/mol. The van der Waals surface area contributed by atoms with Crippen LogP contribution in [0.2, 0.25) is 0 Å². The Hall–Kier alpha value is 0.427. The zero-order chi connectivity index (χ0) is 8.55. The Morgan fingerprint density at radius 2 is 1.92 bits per heavy atom. The molecule has 0 aromatic carbocycles. The van der Waals surface area contributed by atoms with Gasteiger partial charge in [0.1, 0.15) is 5.62 Å². The third-order valence-electron chi connectivity index (χ3n) is 3.07. The van der Waals surface area contributed by atoms with E-state index in [-0.39, 0.29) is 15.5 Å². The molecule has 2 aliphatic rings. The van der Waals surface area contributed by atoms with E-state index >= 15 is 0 Å². The van der Waals surface area contributed by atoms with Gasteiger partial charge in [0.2, 0.25) is 0 Å². The molecule has 1 heterocycles. The summed E-state index contributed by atoms with van der Waals surface area (Å²) in [6, 6.07) is 0.837. The Labute approximate surface area is 81.8 Å². The molecule has 1 atom stereocenters. The third kappa shape index (κ3) is 1.55. The fourth-order valence-electron chi connectivity index (χ4n) is 2.25. The van der Waals surface area contributed by atoms with E-state index in [1.165, 1.54) is 32.1 Å². The van der Waals surface area contributed by atoms with Crippen LogP contribution in [0.15, 0.2) is 0 Å². The lowest BCUT2D eigenvalue weighted by molar-refractivity contribution is 0.117. The maximum atomic E-state index is 6.19. The van der Waals surface area contributed by atoms with Gasteiger partial charge in [0, 0.05) is 6.04 Å². The standard InChI is InChI=1S/C8H17ClN2Si/c1-10-8(9)11(12-10)7-5-3-2-4-6-7/h7-8H,2-6,12H2,1H3. The van der Waals surface area contributed by atoms with Crippen LogP contribution in [0.1, 0.15) is 32.1 Å². The molecule has 1 aliphatic heterocycles. The summed E-state index contributed by atoms with van der Waals surface area (Å²) in [5, 5.41) is 0. The molecule has 4 heteroatoms. The molecule has 2 rings (SSSR count). The van der Waals surface area contributed by atoms with Crippen LogP contribution in [0.4, 0.5) is 0 Å². The molecule has 0 amide bonds. The Bertz CT molecular complexity index is 158. The number of alkyl halides is 1. The van der Waals surface area contributed by atoms with Crippen LogP contribution in [0, 0.1) is 0 Å². The topological polar surface area (TPSA) is 6.48 Å². The first-order chi connectivity index (χ1) is 5.79. The van der Waals surface area contributed by atoms with E-state index in [4.69, 9.17) is 11.6 Å². The molecule has 2 fully saturated rings. The van der Waals surface area contributed by atoms with Crippen LogP contribution in [-0.2, 0) is 0 Å². The first-order valence-electron chi connectivity index (χ1n) is 4.89. The van der Waals surface area contributed by atoms with Crippen LogP contribution in [-0.4, -0.2) is 37.7 Å². The highest BCUT2D eigenvalue weighted by Crippen LogP contribution is 2.29. The van der Waals surface area contributed by atoms with Gasteiger partial charge in [-0.25, -0.2) is 0 Å². The van der Waals surface area contributed by atoms with Gasteiger partial charge in [0.15, 0.2) is 9.84 Å². The van der Waals surface area contributed by atoms with E-state index in [2.05, 4.69) is 16.2 Å². The van der Waals surface area contributed by atoms with Crippen molar-refractivity contribution >= 4 is 21.4 Å². The summed E-state index contributed by atoms with van der Waals surface area (Å²) < 4.78 is 4.87. The molecule has 0 radical (unpaired) electrons. The van der Waals surface area contributed by atoms with Gasteiger partial charge in [0.25, 0.3) is 0 Å². The summed E-state index contributed by atoms with van der Waals surface area (Å²) in [6.07, 6.45) is 7.06. The lowest BCUT2D eigenvalue weighted by Crippen LogP contribution is -2.65. The van der Waals surface area contributed by atoms with Gasteiger partial charge in [-0.3, -0.25) is 9.13 Å². The fourth-order valence-corrected chi connectivity index (χ4v) is 4.34. The summed E-state index contributed by atoms with van der Waals surface area (Å²) in [6.45, 7) is 0. The summed E-state index contributed by atoms with van der Waals surface area (Å²) in [7, 11) is 2.03. The van der Waals surface area contributed by atoms with Crippen LogP contribution in [0.25, 0.3) is 0 Å². The number of rotatable bonds is 1. The van der Waals surface area contributed by atoms with E-state index in [0.29, 0.717) is 0 Å². The first kappa shape index (κ1) is 9.00. The lowest BCUT2D eigenvalue weighted by atomic mass is 9.96. The zero-order valence-electron chi connectivity index (χ0n) is 7.67. The number of hydrogen-bond donors (Lipinski definition) is 0. The smallest absolute Gasteiger partial charge is 0.177 e. The van der Waals surface area contributed by atoms with Crippen molar-refractivity contribution in [3.8, 4) is 0 Å². The highest BCUT2D eigenvalue weighted by atomic mass is 35.5. The minimum atomic E-state index is -0.114. The van der Waals surface area contributed by atoms with Gasteiger partial charge >= 0.3 is 0 Å². The molecular weight excluding hydrogens is 188 g/mol. The van der Waals surface area contributed by atoms with Crippen molar-refractivity contribution in [2.24, 2.45) is 0 Å². The van der Waals surface area contributed by atoms with Gasteiger partial charge < -0.3 is 0 Å². The predicted octanol–water partition coefficient (Wildman–Crippen LogP) is 1.09. The fraction of sp³-hybridized carbons (Fsp3) is 1.00. The Balaban J connectivity index is 1.84. The van der Waals surface area contributed by atoms with Crippen molar-refractivity contribution in [3.63, 3.8) is 0 Å². The monoisotopic (exact) mass is 204 g/mol. The molecule has 0 spiro atoms. The summed E-state index contributed by atoms with van der Waals surface area (Å²) >= 11 is 6.19. The number of halogens is 1. The van der Waals surface area contributed by atoms with Crippen molar-refractivity contribution < 1.29 is 0 Å². The molecule has 70 valence electrons. The van der Waals surface area contributed by atoms with E-state index < -0.39 is 0 Å². The quantitative estimate of drug-likeness (QED) is 0.359. The third-order valence-corrected chi connectivity index (χ3v) is 6.10. The number of nitrogens with zero attached hydrogens (tertiary/aromatic N) is 2. The van der Waals surface area contributed by atoms with Crippen molar-refractivity contribution in [1.82, 2.24) is 9.13 Å². The van der Waals surface area contributed by atoms with Crippen molar-refractivity contribution in [1.29, 1.82) is 0 Å². The number of hydrogen-bond acceptors (Lipinski definition) is 2. The minimum Gasteiger partial charge on any atom is -0.292 e. The maximum absolute atomic E-state index is 6.19. The Kier molecular flexibility index (Phi) is 2.74. The van der Waals surface area contributed by atoms with Crippen LogP contribution in [0.5, 0.6) is 0 Å². The van der Waals surface area contributed by atoms with E-state index in [0.717, 1.165) is 6.04 Å². The second-order valence-electron chi connectivity index (χ2n) is 4.02. The van der Waals surface area contributed by atoms with Gasteiger partial charge in [-0.05, 0) is 19.9 Å². The SMILES string of the molecule is CN1[SiH2]N(C2CCCCC2)C1Cl. The van der Waals surface area contributed by atoms with Gasteiger partial charge in [0.05, 0.1) is 0 Å². The first-order valence-corrected chi connectivity index (χ1v) is 6.59. The van der Waals surface area contributed by atoms with E-state index in [9.17, 15) is 0 Å².